The predicted molar refractivity (Wildman–Crippen MR) is 72.5 cm³/mol. The highest BCUT2D eigenvalue weighted by atomic mass is 16.2. The molecule has 0 spiro atoms. The summed E-state index contributed by atoms with van der Waals surface area (Å²) >= 11 is 0. The zero-order valence-electron chi connectivity index (χ0n) is 11.1. The highest BCUT2D eigenvalue weighted by Gasteiger charge is 2.25. The van der Waals surface area contributed by atoms with Gasteiger partial charge in [-0.15, -0.1) is 0 Å². The fourth-order valence-electron chi connectivity index (χ4n) is 2.88. The molecule has 1 aromatic carbocycles. The summed E-state index contributed by atoms with van der Waals surface area (Å²) in [7, 11) is 0. The number of hydrogen-bond donors (Lipinski definition) is 0. The zero-order chi connectivity index (χ0) is 13.4. The van der Waals surface area contributed by atoms with Gasteiger partial charge in [-0.3, -0.25) is 9.59 Å². The van der Waals surface area contributed by atoms with Gasteiger partial charge in [0, 0.05) is 32.4 Å². The highest BCUT2D eigenvalue weighted by Crippen LogP contribution is 2.31. The number of fused-ring (bicyclic) bond motifs is 1. The Bertz CT molecular complexity index is 574. The minimum Gasteiger partial charge on any atom is -0.334 e. The summed E-state index contributed by atoms with van der Waals surface area (Å²) in [5.74, 6) is 0.403. The van der Waals surface area contributed by atoms with Gasteiger partial charge in [0.2, 0.25) is 5.91 Å². The molecule has 3 nitrogen and oxygen atoms in total. The van der Waals surface area contributed by atoms with Crippen molar-refractivity contribution in [2.24, 2.45) is 0 Å². The van der Waals surface area contributed by atoms with Crippen LogP contribution in [-0.4, -0.2) is 16.6 Å². The first-order valence-electron chi connectivity index (χ1n) is 6.70. The number of nitrogens with zero attached hydrogens (tertiary/aromatic N) is 1. The molecular formula is C16H17NO2. The lowest BCUT2D eigenvalue weighted by Gasteiger charge is -2.17. The van der Waals surface area contributed by atoms with E-state index in [0.29, 0.717) is 25.3 Å². The summed E-state index contributed by atoms with van der Waals surface area (Å²) in [6, 6.07) is 6.23. The van der Waals surface area contributed by atoms with E-state index in [1.165, 1.54) is 11.1 Å². The van der Waals surface area contributed by atoms with Gasteiger partial charge >= 0.3 is 0 Å². The number of hydrogen-bond acceptors (Lipinski definition) is 2. The molecule has 1 atom stereocenters. The van der Waals surface area contributed by atoms with E-state index in [-0.39, 0.29) is 11.8 Å². The van der Waals surface area contributed by atoms with Crippen LogP contribution in [0.2, 0.25) is 0 Å². The van der Waals surface area contributed by atoms with Crippen LogP contribution in [0.15, 0.2) is 30.4 Å². The van der Waals surface area contributed by atoms with E-state index >= 15 is 0 Å². The van der Waals surface area contributed by atoms with Crippen LogP contribution in [0, 0.1) is 0 Å². The van der Waals surface area contributed by atoms with E-state index in [4.69, 9.17) is 0 Å². The van der Waals surface area contributed by atoms with Crippen molar-refractivity contribution in [2.45, 2.75) is 38.8 Å². The lowest BCUT2D eigenvalue weighted by atomic mass is 9.85. The lowest BCUT2D eigenvalue weighted by molar-refractivity contribution is -0.129. The van der Waals surface area contributed by atoms with Crippen molar-refractivity contribution in [3.05, 3.63) is 47.0 Å². The van der Waals surface area contributed by atoms with Crippen molar-refractivity contribution in [1.82, 2.24) is 4.90 Å². The van der Waals surface area contributed by atoms with E-state index in [1.54, 1.807) is 6.92 Å². The Morgan fingerprint density at radius 1 is 1.21 bits per heavy atom. The van der Waals surface area contributed by atoms with Crippen LogP contribution in [0.5, 0.6) is 0 Å². The number of carbonyl (C=O) groups excluding carboxylic acids is 2. The quantitative estimate of drug-likeness (QED) is 0.723. The Hall–Kier alpha value is -1.90. The van der Waals surface area contributed by atoms with Gasteiger partial charge in [0.25, 0.3) is 0 Å². The Labute approximate surface area is 112 Å². The molecule has 0 bridgehead atoms. The van der Waals surface area contributed by atoms with Crippen LogP contribution in [0.1, 0.15) is 42.4 Å². The minimum absolute atomic E-state index is 0.00155. The zero-order valence-corrected chi connectivity index (χ0v) is 11.1. The second-order valence-electron chi connectivity index (χ2n) is 5.33. The maximum Gasteiger partial charge on any atom is 0.220 e. The fourth-order valence-corrected chi connectivity index (χ4v) is 2.88. The molecule has 1 aromatic rings. The molecule has 0 fully saturated rings. The third-order valence-corrected chi connectivity index (χ3v) is 4.05. The van der Waals surface area contributed by atoms with Crippen LogP contribution in [-0.2, 0) is 22.7 Å². The van der Waals surface area contributed by atoms with Gasteiger partial charge in [-0.1, -0.05) is 30.4 Å². The summed E-state index contributed by atoms with van der Waals surface area (Å²) in [4.78, 5) is 25.2. The first-order valence-corrected chi connectivity index (χ1v) is 6.70. The van der Waals surface area contributed by atoms with Gasteiger partial charge in [-0.05, 0) is 23.1 Å². The van der Waals surface area contributed by atoms with Gasteiger partial charge < -0.3 is 4.90 Å². The number of allylic oxidation sites excluding steroid dienone is 2. The summed E-state index contributed by atoms with van der Waals surface area (Å²) in [6.45, 7) is 2.97. The molecule has 2 aliphatic rings. The summed E-state index contributed by atoms with van der Waals surface area (Å²) in [6.07, 6.45) is 5.38. The topological polar surface area (TPSA) is 37.4 Å². The molecule has 1 aliphatic heterocycles. The molecule has 3 rings (SSSR count). The summed E-state index contributed by atoms with van der Waals surface area (Å²) < 4.78 is 0. The smallest absolute Gasteiger partial charge is 0.220 e. The van der Waals surface area contributed by atoms with E-state index in [2.05, 4.69) is 18.2 Å². The van der Waals surface area contributed by atoms with Crippen molar-refractivity contribution in [2.75, 3.05) is 0 Å². The molecule has 1 amide bonds. The van der Waals surface area contributed by atoms with Crippen molar-refractivity contribution < 1.29 is 9.59 Å². The number of Topliss-reactive ketones (excluding diaryl/α,β-unsaturated/α-hetero) is 1. The number of amides is 1. The molecule has 19 heavy (non-hydrogen) atoms. The van der Waals surface area contributed by atoms with Crippen LogP contribution >= 0.6 is 0 Å². The number of ketones is 1. The van der Waals surface area contributed by atoms with E-state index in [9.17, 15) is 9.59 Å². The van der Waals surface area contributed by atoms with Crippen molar-refractivity contribution in [3.63, 3.8) is 0 Å². The molecule has 0 aromatic heterocycles. The largest absolute Gasteiger partial charge is 0.334 e. The number of carbonyl (C=O) groups is 2. The second-order valence-corrected chi connectivity index (χ2v) is 5.33. The van der Waals surface area contributed by atoms with Gasteiger partial charge in [-0.25, -0.2) is 0 Å². The van der Waals surface area contributed by atoms with Crippen LogP contribution < -0.4 is 0 Å². The van der Waals surface area contributed by atoms with E-state index in [1.807, 2.05) is 17.0 Å². The van der Waals surface area contributed by atoms with E-state index in [0.717, 1.165) is 12.0 Å². The van der Waals surface area contributed by atoms with E-state index < -0.39 is 0 Å². The normalized spacial score (nSPS) is 21.6. The third-order valence-electron chi connectivity index (χ3n) is 4.05. The summed E-state index contributed by atoms with van der Waals surface area (Å²) in [5.41, 5.74) is 3.49. The standard InChI is InChI=1S/C16H17NO2/c1-11(18)17-9-13-7-6-12(8-14(13)10-17)15-4-2-3-5-16(15)19/h2-3,6-8,15H,4-5,9-10H2,1H3. The highest BCUT2D eigenvalue weighted by molar-refractivity contribution is 5.88. The van der Waals surface area contributed by atoms with Crippen molar-refractivity contribution in [3.8, 4) is 0 Å². The van der Waals surface area contributed by atoms with Gasteiger partial charge in [0.15, 0.2) is 0 Å². The molecule has 0 saturated carbocycles. The monoisotopic (exact) mass is 255 g/mol. The van der Waals surface area contributed by atoms with Gasteiger partial charge in [0.05, 0.1) is 0 Å². The second kappa shape index (κ2) is 4.65. The molecule has 1 unspecified atom stereocenters. The van der Waals surface area contributed by atoms with Gasteiger partial charge in [-0.2, -0.15) is 0 Å². The maximum atomic E-state index is 12.0. The Kier molecular flexibility index (Phi) is 2.97. The first-order chi connectivity index (χ1) is 9.15. The predicted octanol–water partition coefficient (Wildman–Crippen LogP) is 2.55. The van der Waals surface area contributed by atoms with Crippen LogP contribution in [0.25, 0.3) is 0 Å². The molecule has 1 heterocycles. The van der Waals surface area contributed by atoms with Crippen LogP contribution in [0.4, 0.5) is 0 Å². The Balaban J connectivity index is 1.87. The van der Waals surface area contributed by atoms with Crippen molar-refractivity contribution >= 4 is 11.7 Å². The maximum absolute atomic E-state index is 12.0. The lowest BCUT2D eigenvalue weighted by Crippen LogP contribution is -2.21. The van der Waals surface area contributed by atoms with Gasteiger partial charge in [0.1, 0.15) is 5.78 Å². The molecule has 3 heteroatoms. The molecular weight excluding hydrogens is 238 g/mol. The molecule has 0 N–H and O–H groups in total. The minimum atomic E-state index is 0.00155. The first kappa shape index (κ1) is 12.2. The molecule has 0 radical (unpaired) electrons. The van der Waals surface area contributed by atoms with Crippen LogP contribution in [0.3, 0.4) is 0 Å². The molecule has 1 aliphatic carbocycles. The average Bonchev–Trinajstić information content (AvgIpc) is 2.82. The van der Waals surface area contributed by atoms with Crippen molar-refractivity contribution in [1.29, 1.82) is 0 Å². The fraction of sp³-hybridized carbons (Fsp3) is 0.375. The average molecular weight is 255 g/mol. The summed E-state index contributed by atoms with van der Waals surface area (Å²) in [5, 5.41) is 0. The third kappa shape index (κ3) is 2.21. The molecule has 98 valence electrons. The Morgan fingerprint density at radius 2 is 2.00 bits per heavy atom. The molecule has 0 saturated heterocycles. The SMILES string of the molecule is CC(=O)N1Cc2ccc(C3CC=CCC3=O)cc2C1. The Morgan fingerprint density at radius 3 is 2.74 bits per heavy atom. The number of benzene rings is 1. The number of rotatable bonds is 1.